The molecule has 0 fully saturated rings. The largest absolute Gasteiger partial charge is 0.351 e. The van der Waals surface area contributed by atoms with Crippen molar-refractivity contribution in [2.24, 2.45) is 5.73 Å². The monoisotopic (exact) mass is 132 g/mol. The van der Waals surface area contributed by atoms with E-state index in [0.29, 0.717) is 6.54 Å². The summed E-state index contributed by atoms with van der Waals surface area (Å²) in [6.07, 6.45) is 0. The van der Waals surface area contributed by atoms with Crippen molar-refractivity contribution in [3.05, 3.63) is 0 Å². The summed E-state index contributed by atoms with van der Waals surface area (Å²) in [7, 11) is 0. The lowest BCUT2D eigenvalue weighted by Gasteiger charge is -1.94. The molecule has 0 radical (unpaired) electrons. The highest BCUT2D eigenvalue weighted by Crippen LogP contribution is 1.56. The van der Waals surface area contributed by atoms with Crippen LogP contribution in [0.4, 0.5) is 0 Å². The van der Waals surface area contributed by atoms with Crippen molar-refractivity contribution in [2.75, 3.05) is 13.1 Å². The molecule has 0 heterocycles. The zero-order valence-electron chi connectivity index (χ0n) is 4.39. The number of amides is 1. The van der Waals surface area contributed by atoms with Crippen LogP contribution in [0, 0.1) is 0 Å². The van der Waals surface area contributed by atoms with Crippen molar-refractivity contribution in [3.8, 4) is 0 Å². The molecule has 3 N–H and O–H groups in total. The molecule has 0 aliphatic heterocycles. The van der Waals surface area contributed by atoms with Crippen molar-refractivity contribution >= 4 is 23.5 Å². The molecule has 0 unspecified atom stereocenters. The minimum absolute atomic E-state index is 0.0309. The van der Waals surface area contributed by atoms with Crippen LogP contribution in [0.1, 0.15) is 0 Å². The number of nitrogens with two attached hydrogens (primary N) is 1. The second-order valence-corrected chi connectivity index (χ2v) is 1.51. The number of carbonyl (C=O) groups is 1. The van der Waals surface area contributed by atoms with Crippen LogP contribution in [0.25, 0.3) is 0 Å². The van der Waals surface area contributed by atoms with E-state index < -0.39 is 0 Å². The second-order valence-electron chi connectivity index (χ2n) is 1.17. The predicted octanol–water partition coefficient (Wildman–Crippen LogP) is -0.939. The van der Waals surface area contributed by atoms with Crippen LogP contribution in [-0.4, -0.2) is 24.4 Å². The molecule has 0 rings (SSSR count). The van der Waals surface area contributed by atoms with Crippen LogP contribution in [0.15, 0.2) is 0 Å². The topological polar surface area (TPSA) is 55.1 Å². The van der Waals surface area contributed by atoms with E-state index in [1.165, 1.54) is 5.37 Å². The van der Waals surface area contributed by atoms with E-state index in [4.69, 9.17) is 5.73 Å². The smallest absolute Gasteiger partial charge is 0.234 e. The van der Waals surface area contributed by atoms with Crippen LogP contribution in [-0.2, 0) is 4.79 Å². The Bertz CT molecular complexity index is 94.0. The van der Waals surface area contributed by atoms with E-state index >= 15 is 0 Å². The molecule has 0 aromatic rings. The van der Waals surface area contributed by atoms with Crippen LogP contribution in [0.3, 0.4) is 0 Å². The molecule has 0 aliphatic rings. The quantitative estimate of drug-likeness (QED) is 0.487. The van der Waals surface area contributed by atoms with Gasteiger partial charge in [0, 0.05) is 6.54 Å². The van der Waals surface area contributed by atoms with E-state index in [2.05, 4.69) is 17.5 Å². The van der Waals surface area contributed by atoms with Crippen LogP contribution >= 0.6 is 12.2 Å². The molecular weight excluding hydrogens is 124 g/mol. The molecule has 0 saturated heterocycles. The van der Waals surface area contributed by atoms with Gasteiger partial charge in [0.2, 0.25) is 5.91 Å². The van der Waals surface area contributed by atoms with Gasteiger partial charge in [-0.3, -0.25) is 4.79 Å². The van der Waals surface area contributed by atoms with Gasteiger partial charge in [-0.05, 0) is 5.37 Å². The molecule has 0 bridgehead atoms. The van der Waals surface area contributed by atoms with Crippen molar-refractivity contribution in [2.45, 2.75) is 0 Å². The molecule has 1 amide bonds. The number of thiocarbonyl (C=S) groups is 1. The SMILES string of the molecule is NCC(=O)NCC=S. The fourth-order valence-corrected chi connectivity index (χ4v) is 0.311. The van der Waals surface area contributed by atoms with E-state index in [9.17, 15) is 4.79 Å². The van der Waals surface area contributed by atoms with Crippen LogP contribution < -0.4 is 11.1 Å². The van der Waals surface area contributed by atoms with Gasteiger partial charge in [-0.25, -0.2) is 0 Å². The Morgan fingerprint density at radius 3 is 2.88 bits per heavy atom. The molecule has 0 spiro atoms. The number of carbonyl (C=O) groups excluding carboxylic acids is 1. The second kappa shape index (κ2) is 4.67. The average Bonchev–Trinajstić information content (AvgIpc) is 1.83. The van der Waals surface area contributed by atoms with Crippen LogP contribution in [0.2, 0.25) is 0 Å². The number of hydrogen-bond acceptors (Lipinski definition) is 3. The van der Waals surface area contributed by atoms with Gasteiger partial charge in [-0.15, -0.1) is 0 Å². The lowest BCUT2D eigenvalue weighted by Crippen LogP contribution is -2.31. The molecule has 0 atom stereocenters. The first-order valence-electron chi connectivity index (χ1n) is 2.21. The van der Waals surface area contributed by atoms with Gasteiger partial charge in [-0.2, -0.15) is 0 Å². The Morgan fingerprint density at radius 2 is 2.50 bits per heavy atom. The summed E-state index contributed by atoms with van der Waals surface area (Å²) >= 11 is 4.44. The first kappa shape index (κ1) is 7.52. The third-order valence-electron chi connectivity index (χ3n) is 0.568. The van der Waals surface area contributed by atoms with Crippen molar-refractivity contribution in [3.63, 3.8) is 0 Å². The van der Waals surface area contributed by atoms with Crippen molar-refractivity contribution < 1.29 is 4.79 Å². The summed E-state index contributed by atoms with van der Waals surface area (Å²) in [5, 5.41) is 3.90. The molecule has 0 aromatic carbocycles. The van der Waals surface area contributed by atoms with E-state index in [0.717, 1.165) is 0 Å². The predicted molar refractivity (Wildman–Crippen MR) is 35.7 cm³/mol. The molecule has 0 saturated carbocycles. The maximum Gasteiger partial charge on any atom is 0.234 e. The molecule has 46 valence electrons. The van der Waals surface area contributed by atoms with Crippen molar-refractivity contribution in [1.29, 1.82) is 0 Å². The maximum atomic E-state index is 10.3. The highest BCUT2D eigenvalue weighted by molar-refractivity contribution is 7.79. The standard InChI is InChI=1S/C4H8N2OS/c5-3-4(7)6-1-2-8/h2H,1,3,5H2,(H,6,7). The first-order chi connectivity index (χ1) is 3.81. The van der Waals surface area contributed by atoms with Gasteiger partial charge in [0.25, 0.3) is 0 Å². The number of rotatable bonds is 3. The molecule has 4 heteroatoms. The van der Waals surface area contributed by atoms with Gasteiger partial charge in [-0.1, -0.05) is 12.2 Å². The fraction of sp³-hybridized carbons (Fsp3) is 0.500. The lowest BCUT2D eigenvalue weighted by molar-refractivity contribution is -0.119. The Hall–Kier alpha value is -0.480. The number of hydrogen-bond donors (Lipinski definition) is 2. The highest BCUT2D eigenvalue weighted by Gasteiger charge is 1.90. The zero-order chi connectivity index (χ0) is 6.41. The summed E-state index contributed by atoms with van der Waals surface area (Å²) in [5.74, 6) is -0.175. The Kier molecular flexibility index (Phi) is 4.39. The molecule has 3 nitrogen and oxygen atoms in total. The normalized spacial score (nSPS) is 8.12. The van der Waals surface area contributed by atoms with Crippen molar-refractivity contribution in [1.82, 2.24) is 5.32 Å². The van der Waals surface area contributed by atoms with Gasteiger partial charge in [0.05, 0.1) is 6.54 Å². The van der Waals surface area contributed by atoms with Gasteiger partial charge < -0.3 is 11.1 Å². The Morgan fingerprint density at radius 1 is 1.88 bits per heavy atom. The minimum Gasteiger partial charge on any atom is -0.351 e. The van der Waals surface area contributed by atoms with Gasteiger partial charge >= 0.3 is 0 Å². The Labute approximate surface area is 53.2 Å². The number of nitrogens with one attached hydrogen (secondary N) is 1. The third-order valence-corrected chi connectivity index (χ3v) is 0.735. The third kappa shape index (κ3) is 3.70. The fourth-order valence-electron chi connectivity index (χ4n) is 0.228. The maximum absolute atomic E-state index is 10.3. The summed E-state index contributed by atoms with van der Waals surface area (Å²) in [4.78, 5) is 10.3. The van der Waals surface area contributed by atoms with E-state index in [-0.39, 0.29) is 12.5 Å². The molecular formula is C4H8N2OS. The summed E-state index contributed by atoms with van der Waals surface area (Å²) in [6.45, 7) is 0.453. The first-order valence-corrected chi connectivity index (χ1v) is 2.68. The molecule has 0 aliphatic carbocycles. The summed E-state index contributed by atoms with van der Waals surface area (Å²) < 4.78 is 0. The Balaban J connectivity index is 3.11. The van der Waals surface area contributed by atoms with Gasteiger partial charge in [0.15, 0.2) is 0 Å². The molecule has 8 heavy (non-hydrogen) atoms. The summed E-state index contributed by atoms with van der Waals surface area (Å²) in [5.41, 5.74) is 4.95. The lowest BCUT2D eigenvalue weighted by atomic mass is 10.6. The minimum atomic E-state index is -0.175. The van der Waals surface area contributed by atoms with E-state index in [1.54, 1.807) is 0 Å². The molecule has 0 aromatic heterocycles. The van der Waals surface area contributed by atoms with Gasteiger partial charge in [0.1, 0.15) is 0 Å². The average molecular weight is 132 g/mol. The zero-order valence-corrected chi connectivity index (χ0v) is 5.20. The van der Waals surface area contributed by atoms with Crippen LogP contribution in [0.5, 0.6) is 0 Å². The summed E-state index contributed by atoms with van der Waals surface area (Å²) in [6, 6.07) is 0. The highest BCUT2D eigenvalue weighted by atomic mass is 32.1. The van der Waals surface area contributed by atoms with E-state index in [1.807, 2.05) is 0 Å².